The molecule has 1 aliphatic rings. The molecular weight excluding hydrogens is 397 g/mol. The topological polar surface area (TPSA) is 53.5 Å². The van der Waals surface area contributed by atoms with E-state index >= 15 is 0 Å². The maximum atomic E-state index is 14.4. The van der Waals surface area contributed by atoms with Crippen LogP contribution in [-0.2, 0) is 0 Å². The number of rotatable bonds is 4. The molecule has 1 saturated heterocycles. The highest BCUT2D eigenvalue weighted by Crippen LogP contribution is 2.28. The quantitative estimate of drug-likeness (QED) is 0.600. The van der Waals surface area contributed by atoms with E-state index in [1.54, 1.807) is 33.7 Å². The fourth-order valence-corrected chi connectivity index (χ4v) is 4.79. The van der Waals surface area contributed by atoms with Crippen LogP contribution in [0.1, 0.15) is 27.8 Å². The van der Waals surface area contributed by atoms with Gasteiger partial charge in [-0.05, 0) is 36.6 Å². The number of benzene rings is 1. The zero-order valence-electron chi connectivity index (χ0n) is 15.2. The van der Waals surface area contributed by atoms with Crippen LogP contribution in [0.25, 0.3) is 9.88 Å². The van der Waals surface area contributed by atoms with Gasteiger partial charge < -0.3 is 9.80 Å². The third-order valence-electron chi connectivity index (χ3n) is 4.72. The first-order valence-electron chi connectivity index (χ1n) is 8.87. The number of piperazine rings is 1. The van der Waals surface area contributed by atoms with Crippen molar-refractivity contribution in [2.45, 2.75) is 6.92 Å². The molecule has 0 aliphatic carbocycles. The van der Waals surface area contributed by atoms with Gasteiger partial charge in [0, 0.05) is 37.1 Å². The Morgan fingerprint density at radius 2 is 1.89 bits per heavy atom. The Morgan fingerprint density at radius 1 is 1.11 bits per heavy atom. The monoisotopic (exact) mass is 415 g/mol. The van der Waals surface area contributed by atoms with Gasteiger partial charge in [0.15, 0.2) is 5.78 Å². The van der Waals surface area contributed by atoms with Crippen molar-refractivity contribution < 1.29 is 14.0 Å². The molecule has 2 aromatic heterocycles. The summed E-state index contributed by atoms with van der Waals surface area (Å²) >= 11 is 3.07. The van der Waals surface area contributed by atoms with Gasteiger partial charge in [0.25, 0.3) is 5.91 Å². The van der Waals surface area contributed by atoms with Gasteiger partial charge in [-0.3, -0.25) is 9.59 Å². The molecule has 0 radical (unpaired) electrons. The van der Waals surface area contributed by atoms with Crippen molar-refractivity contribution >= 4 is 40.1 Å². The second kappa shape index (κ2) is 7.81. The molecule has 3 aromatic rings. The number of carbonyl (C=O) groups is 2. The van der Waals surface area contributed by atoms with E-state index in [1.165, 1.54) is 24.3 Å². The predicted octanol–water partition coefficient (Wildman–Crippen LogP) is 4.18. The summed E-state index contributed by atoms with van der Waals surface area (Å²) in [7, 11) is 0. The zero-order valence-corrected chi connectivity index (χ0v) is 16.9. The summed E-state index contributed by atoms with van der Waals surface area (Å²) in [5.41, 5.74) is 1.28. The Balaban J connectivity index is 1.41. The molecule has 4 rings (SSSR count). The van der Waals surface area contributed by atoms with E-state index in [-0.39, 0.29) is 11.7 Å². The maximum Gasteiger partial charge on any atom is 0.273 e. The second-order valence-corrected chi connectivity index (χ2v) is 8.32. The van der Waals surface area contributed by atoms with Crippen LogP contribution in [-0.4, -0.2) is 47.8 Å². The lowest BCUT2D eigenvalue weighted by atomic mass is 10.1. The number of thiazole rings is 1. The Kier molecular flexibility index (Phi) is 5.23. The summed E-state index contributed by atoms with van der Waals surface area (Å²) in [6, 6.07) is 8.50. The van der Waals surface area contributed by atoms with Crippen molar-refractivity contribution in [3.8, 4) is 9.88 Å². The molecule has 8 heteroatoms. The first kappa shape index (κ1) is 18.8. The van der Waals surface area contributed by atoms with E-state index in [1.807, 2.05) is 22.4 Å². The number of hydrogen-bond donors (Lipinski definition) is 0. The van der Waals surface area contributed by atoms with Gasteiger partial charge in [-0.2, -0.15) is 0 Å². The predicted molar refractivity (Wildman–Crippen MR) is 110 cm³/mol. The highest BCUT2D eigenvalue weighted by atomic mass is 32.1. The van der Waals surface area contributed by atoms with Crippen LogP contribution in [0.4, 0.5) is 10.1 Å². The molecule has 0 bridgehead atoms. The average Bonchev–Trinajstić information content (AvgIpc) is 3.39. The Morgan fingerprint density at radius 3 is 2.54 bits per heavy atom. The summed E-state index contributed by atoms with van der Waals surface area (Å²) < 4.78 is 14.4. The lowest BCUT2D eigenvalue weighted by Crippen LogP contribution is -2.49. The van der Waals surface area contributed by atoms with E-state index in [2.05, 4.69) is 4.98 Å². The number of anilines is 1. The Bertz CT molecular complexity index is 1010. The highest BCUT2D eigenvalue weighted by Gasteiger charge is 2.25. The normalized spacial score (nSPS) is 14.4. The molecule has 1 fully saturated rings. The van der Waals surface area contributed by atoms with Gasteiger partial charge >= 0.3 is 0 Å². The summed E-state index contributed by atoms with van der Waals surface area (Å²) in [6.45, 7) is 3.48. The number of Topliss-reactive ketones (excluding diaryl/α,β-unsaturated/α-hetero) is 1. The molecule has 0 spiro atoms. The molecule has 0 N–H and O–H groups in total. The molecule has 5 nitrogen and oxygen atoms in total. The third-order valence-corrected chi connectivity index (χ3v) is 6.60. The SMILES string of the molecule is CC(=O)c1ccc(N2CCN(C(=O)c3csc(-c4cccs4)n3)CC2)c(F)c1. The van der Waals surface area contributed by atoms with Gasteiger partial charge in [0.05, 0.1) is 10.6 Å². The highest BCUT2D eigenvalue weighted by molar-refractivity contribution is 7.20. The van der Waals surface area contributed by atoms with E-state index < -0.39 is 5.82 Å². The minimum Gasteiger partial charge on any atom is -0.366 e. The molecule has 0 atom stereocenters. The molecule has 3 heterocycles. The number of halogens is 1. The van der Waals surface area contributed by atoms with Crippen LogP contribution >= 0.6 is 22.7 Å². The first-order chi connectivity index (χ1) is 13.5. The van der Waals surface area contributed by atoms with Crippen molar-refractivity contribution in [1.82, 2.24) is 9.88 Å². The van der Waals surface area contributed by atoms with Crippen molar-refractivity contribution in [2.24, 2.45) is 0 Å². The van der Waals surface area contributed by atoms with Gasteiger partial charge in [-0.15, -0.1) is 22.7 Å². The lowest BCUT2D eigenvalue weighted by Gasteiger charge is -2.36. The molecule has 144 valence electrons. The summed E-state index contributed by atoms with van der Waals surface area (Å²) in [6.07, 6.45) is 0. The van der Waals surface area contributed by atoms with Crippen LogP contribution in [0.15, 0.2) is 41.1 Å². The van der Waals surface area contributed by atoms with E-state index in [0.717, 1.165) is 9.88 Å². The number of ketones is 1. The summed E-state index contributed by atoms with van der Waals surface area (Å²) in [5.74, 6) is -0.662. The number of nitrogens with zero attached hydrogens (tertiary/aromatic N) is 3. The molecule has 1 aromatic carbocycles. The lowest BCUT2D eigenvalue weighted by molar-refractivity contribution is 0.0741. The third kappa shape index (κ3) is 3.70. The second-order valence-electron chi connectivity index (χ2n) is 6.52. The Hall–Kier alpha value is -2.58. The number of carbonyl (C=O) groups excluding carboxylic acids is 2. The van der Waals surface area contributed by atoms with E-state index in [9.17, 15) is 14.0 Å². The fraction of sp³-hybridized carbons (Fsp3) is 0.250. The smallest absolute Gasteiger partial charge is 0.273 e. The average molecular weight is 416 g/mol. The number of hydrogen-bond acceptors (Lipinski definition) is 6. The van der Waals surface area contributed by atoms with Crippen LogP contribution in [0.2, 0.25) is 0 Å². The summed E-state index contributed by atoms with van der Waals surface area (Å²) in [5, 5.41) is 4.63. The number of thiophene rings is 1. The molecule has 1 amide bonds. The summed E-state index contributed by atoms with van der Waals surface area (Å²) in [4.78, 5) is 33.3. The van der Waals surface area contributed by atoms with Crippen molar-refractivity contribution in [1.29, 1.82) is 0 Å². The number of aromatic nitrogens is 1. The van der Waals surface area contributed by atoms with Crippen LogP contribution in [0.3, 0.4) is 0 Å². The first-order valence-corrected chi connectivity index (χ1v) is 10.6. The Labute approximate surface area is 170 Å². The van der Waals surface area contributed by atoms with Crippen LogP contribution in [0.5, 0.6) is 0 Å². The van der Waals surface area contributed by atoms with Gasteiger partial charge in [-0.25, -0.2) is 9.37 Å². The van der Waals surface area contributed by atoms with Crippen LogP contribution in [0, 0.1) is 5.82 Å². The standard InChI is InChI=1S/C20H18FN3O2S2/c1-13(25)14-4-5-17(15(21)11-14)23-6-8-24(9-7-23)20(26)16-12-28-19(22-16)18-3-2-10-27-18/h2-5,10-12H,6-9H2,1H3. The van der Waals surface area contributed by atoms with Crippen molar-refractivity contribution in [3.05, 3.63) is 58.2 Å². The molecule has 28 heavy (non-hydrogen) atoms. The largest absolute Gasteiger partial charge is 0.366 e. The minimum absolute atomic E-state index is 0.0916. The zero-order chi connectivity index (χ0) is 19.7. The van der Waals surface area contributed by atoms with E-state index in [4.69, 9.17) is 0 Å². The maximum absolute atomic E-state index is 14.4. The van der Waals surface area contributed by atoms with Gasteiger partial charge in [0.1, 0.15) is 16.5 Å². The molecule has 0 unspecified atom stereocenters. The molecule has 0 saturated carbocycles. The van der Waals surface area contributed by atoms with Crippen molar-refractivity contribution in [2.75, 3.05) is 31.1 Å². The fourth-order valence-electron chi connectivity index (χ4n) is 3.18. The minimum atomic E-state index is -0.410. The van der Waals surface area contributed by atoms with Gasteiger partial charge in [0.2, 0.25) is 0 Å². The number of amides is 1. The van der Waals surface area contributed by atoms with Crippen molar-refractivity contribution in [3.63, 3.8) is 0 Å². The van der Waals surface area contributed by atoms with Crippen LogP contribution < -0.4 is 4.90 Å². The van der Waals surface area contributed by atoms with E-state index in [0.29, 0.717) is 43.1 Å². The molecular formula is C20H18FN3O2S2. The molecule has 1 aliphatic heterocycles. The van der Waals surface area contributed by atoms with Gasteiger partial charge in [-0.1, -0.05) is 6.07 Å².